The van der Waals surface area contributed by atoms with Crippen LogP contribution < -0.4 is 15.2 Å². The molecule has 3 heterocycles. The number of H-pyrrole nitrogens is 1. The van der Waals surface area contributed by atoms with Gasteiger partial charge in [-0.15, -0.1) is 0 Å². The van der Waals surface area contributed by atoms with Gasteiger partial charge >= 0.3 is 5.69 Å². The Morgan fingerprint density at radius 1 is 1.03 bits per heavy atom. The van der Waals surface area contributed by atoms with E-state index in [1.807, 2.05) is 35.2 Å². The van der Waals surface area contributed by atoms with E-state index >= 15 is 0 Å². The second-order valence-corrected chi connectivity index (χ2v) is 7.19. The number of aromatic amines is 1. The summed E-state index contributed by atoms with van der Waals surface area (Å²) in [5, 5.41) is 6.84. The Hall–Kier alpha value is -3.55. The first-order chi connectivity index (χ1) is 14.2. The van der Waals surface area contributed by atoms with E-state index in [1.54, 1.807) is 22.8 Å². The summed E-state index contributed by atoms with van der Waals surface area (Å²) in [5.74, 6) is 2.07. The predicted molar refractivity (Wildman–Crippen MR) is 105 cm³/mol. The number of amides is 1. The number of carbonyl (C=O) groups excluding carboxylic acids is 1. The fourth-order valence-electron chi connectivity index (χ4n) is 3.96. The van der Waals surface area contributed by atoms with Gasteiger partial charge in [-0.25, -0.2) is 14.5 Å². The molecule has 1 N–H and O–H groups in total. The van der Waals surface area contributed by atoms with Crippen molar-refractivity contribution in [2.24, 2.45) is 0 Å². The molecule has 8 nitrogen and oxygen atoms in total. The van der Waals surface area contributed by atoms with Crippen molar-refractivity contribution in [2.45, 2.75) is 18.8 Å². The van der Waals surface area contributed by atoms with Crippen LogP contribution in [-0.4, -0.2) is 45.5 Å². The second kappa shape index (κ2) is 7.12. The maximum atomic E-state index is 12.9. The van der Waals surface area contributed by atoms with Crippen molar-refractivity contribution in [1.82, 2.24) is 19.7 Å². The van der Waals surface area contributed by atoms with Crippen LogP contribution in [0, 0.1) is 0 Å². The van der Waals surface area contributed by atoms with Crippen molar-refractivity contribution in [2.75, 3.05) is 19.9 Å². The Morgan fingerprint density at radius 2 is 1.79 bits per heavy atom. The standard InChI is InChI=1S/C21H20N4O4/c26-20(15-6-7-17-18(12-15)29-13-28-17)24-10-8-14(9-11-24)19-22-23-21(27)25(19)16-4-2-1-3-5-16/h1-7,12,14H,8-11,13H2,(H,23,27). The van der Waals surface area contributed by atoms with Crippen molar-refractivity contribution < 1.29 is 14.3 Å². The maximum absolute atomic E-state index is 12.9. The molecule has 2 aliphatic rings. The van der Waals surface area contributed by atoms with E-state index in [1.165, 1.54) is 0 Å². The van der Waals surface area contributed by atoms with Crippen LogP contribution in [0.1, 0.15) is 34.9 Å². The van der Waals surface area contributed by atoms with Crippen LogP contribution in [-0.2, 0) is 0 Å². The van der Waals surface area contributed by atoms with Crippen LogP contribution >= 0.6 is 0 Å². The van der Waals surface area contributed by atoms with Crippen LogP contribution in [0.5, 0.6) is 11.5 Å². The van der Waals surface area contributed by atoms with Gasteiger partial charge in [-0.05, 0) is 43.2 Å². The molecule has 0 atom stereocenters. The van der Waals surface area contributed by atoms with Crippen LogP contribution in [0.2, 0.25) is 0 Å². The summed E-state index contributed by atoms with van der Waals surface area (Å²) in [7, 11) is 0. The minimum absolute atomic E-state index is 0.0239. The molecule has 0 bridgehead atoms. The van der Waals surface area contributed by atoms with Crippen LogP contribution in [0.25, 0.3) is 5.69 Å². The van der Waals surface area contributed by atoms with Gasteiger partial charge in [0, 0.05) is 24.6 Å². The number of carbonyl (C=O) groups is 1. The highest BCUT2D eigenvalue weighted by Crippen LogP contribution is 2.33. The van der Waals surface area contributed by atoms with Crippen molar-refractivity contribution in [3.05, 3.63) is 70.4 Å². The van der Waals surface area contributed by atoms with Gasteiger partial charge < -0.3 is 14.4 Å². The molecule has 3 aromatic rings. The van der Waals surface area contributed by atoms with E-state index in [0.717, 1.165) is 24.4 Å². The molecular weight excluding hydrogens is 372 g/mol. The molecular formula is C21H20N4O4. The molecule has 0 spiro atoms. The van der Waals surface area contributed by atoms with Gasteiger partial charge in [0.1, 0.15) is 5.82 Å². The SMILES string of the molecule is O=C(c1ccc2c(c1)OCO2)N1CCC(c2n[nH]c(=O)n2-c2ccccc2)CC1. The minimum Gasteiger partial charge on any atom is -0.454 e. The number of benzene rings is 2. The number of hydrogen-bond donors (Lipinski definition) is 1. The molecule has 1 saturated heterocycles. The maximum Gasteiger partial charge on any atom is 0.347 e. The molecule has 2 aromatic carbocycles. The van der Waals surface area contributed by atoms with E-state index in [0.29, 0.717) is 30.2 Å². The molecule has 1 fully saturated rings. The number of rotatable bonds is 3. The van der Waals surface area contributed by atoms with Crippen LogP contribution in [0.15, 0.2) is 53.3 Å². The lowest BCUT2D eigenvalue weighted by Crippen LogP contribution is -2.38. The zero-order valence-electron chi connectivity index (χ0n) is 15.7. The largest absolute Gasteiger partial charge is 0.454 e. The highest BCUT2D eigenvalue weighted by Gasteiger charge is 2.29. The number of fused-ring (bicyclic) bond motifs is 1. The summed E-state index contributed by atoms with van der Waals surface area (Å²) in [6, 6.07) is 14.7. The quantitative estimate of drug-likeness (QED) is 0.739. The molecule has 5 rings (SSSR count). The summed E-state index contributed by atoms with van der Waals surface area (Å²) in [6.45, 7) is 1.40. The molecule has 29 heavy (non-hydrogen) atoms. The van der Waals surface area contributed by atoms with E-state index in [2.05, 4.69) is 10.2 Å². The van der Waals surface area contributed by atoms with Gasteiger partial charge in [-0.3, -0.25) is 4.79 Å². The number of para-hydroxylation sites is 1. The summed E-state index contributed by atoms with van der Waals surface area (Å²) < 4.78 is 12.3. The fraction of sp³-hybridized carbons (Fsp3) is 0.286. The Kier molecular flexibility index (Phi) is 4.31. The van der Waals surface area contributed by atoms with Gasteiger partial charge in [-0.2, -0.15) is 5.10 Å². The summed E-state index contributed by atoms with van der Waals surface area (Å²) >= 11 is 0. The van der Waals surface area contributed by atoms with Crippen molar-refractivity contribution in [1.29, 1.82) is 0 Å². The van der Waals surface area contributed by atoms with Crippen LogP contribution in [0.3, 0.4) is 0 Å². The Labute approximate surface area is 166 Å². The highest BCUT2D eigenvalue weighted by atomic mass is 16.7. The summed E-state index contributed by atoms with van der Waals surface area (Å²) in [5.41, 5.74) is 1.14. The van der Waals surface area contributed by atoms with Crippen molar-refractivity contribution in [3.8, 4) is 17.2 Å². The molecule has 2 aliphatic heterocycles. The molecule has 0 aliphatic carbocycles. The Bertz CT molecular complexity index is 1100. The van der Waals surface area contributed by atoms with Gasteiger partial charge in [0.15, 0.2) is 11.5 Å². The summed E-state index contributed by atoms with van der Waals surface area (Å²) in [6.07, 6.45) is 1.49. The number of ether oxygens (including phenoxy) is 2. The minimum atomic E-state index is -0.245. The van der Waals surface area contributed by atoms with Gasteiger partial charge in [0.05, 0.1) is 5.69 Å². The molecule has 0 saturated carbocycles. The lowest BCUT2D eigenvalue weighted by atomic mass is 9.95. The molecule has 0 unspecified atom stereocenters. The van der Waals surface area contributed by atoms with E-state index in [9.17, 15) is 9.59 Å². The Balaban J connectivity index is 1.31. The predicted octanol–water partition coefficient (Wildman–Crippen LogP) is 2.31. The van der Waals surface area contributed by atoms with Gasteiger partial charge in [0.25, 0.3) is 5.91 Å². The van der Waals surface area contributed by atoms with E-state index in [-0.39, 0.29) is 24.3 Å². The average Bonchev–Trinajstić information content (AvgIpc) is 3.40. The monoisotopic (exact) mass is 392 g/mol. The average molecular weight is 392 g/mol. The molecule has 1 aromatic heterocycles. The molecule has 148 valence electrons. The number of hydrogen-bond acceptors (Lipinski definition) is 5. The fourth-order valence-corrected chi connectivity index (χ4v) is 3.96. The van der Waals surface area contributed by atoms with E-state index in [4.69, 9.17) is 9.47 Å². The number of likely N-dealkylation sites (tertiary alicyclic amines) is 1. The number of nitrogens with zero attached hydrogens (tertiary/aromatic N) is 3. The Morgan fingerprint density at radius 3 is 2.59 bits per heavy atom. The smallest absolute Gasteiger partial charge is 0.347 e. The number of aromatic nitrogens is 3. The first-order valence-electron chi connectivity index (χ1n) is 9.62. The third-order valence-corrected chi connectivity index (χ3v) is 5.48. The first-order valence-corrected chi connectivity index (χ1v) is 9.62. The third kappa shape index (κ3) is 3.16. The molecule has 1 amide bonds. The topological polar surface area (TPSA) is 89.5 Å². The van der Waals surface area contributed by atoms with E-state index < -0.39 is 0 Å². The second-order valence-electron chi connectivity index (χ2n) is 7.19. The highest BCUT2D eigenvalue weighted by molar-refractivity contribution is 5.95. The number of nitrogens with one attached hydrogen (secondary N) is 1. The molecule has 8 heteroatoms. The normalized spacial score (nSPS) is 16.2. The lowest BCUT2D eigenvalue weighted by molar-refractivity contribution is 0.0710. The third-order valence-electron chi connectivity index (χ3n) is 5.48. The van der Waals surface area contributed by atoms with Crippen LogP contribution in [0.4, 0.5) is 0 Å². The number of piperidine rings is 1. The first kappa shape index (κ1) is 17.5. The van der Waals surface area contributed by atoms with Gasteiger partial charge in [0.2, 0.25) is 6.79 Å². The zero-order valence-corrected chi connectivity index (χ0v) is 15.7. The van der Waals surface area contributed by atoms with Gasteiger partial charge in [-0.1, -0.05) is 18.2 Å². The van der Waals surface area contributed by atoms with Crippen molar-refractivity contribution in [3.63, 3.8) is 0 Å². The lowest BCUT2D eigenvalue weighted by Gasteiger charge is -2.31. The molecule has 0 radical (unpaired) electrons. The zero-order chi connectivity index (χ0) is 19.8. The van der Waals surface area contributed by atoms with Crippen molar-refractivity contribution >= 4 is 5.91 Å². The summed E-state index contributed by atoms with van der Waals surface area (Å²) in [4.78, 5) is 27.0.